The first-order valence-corrected chi connectivity index (χ1v) is 9.89. The number of nitrogens with zero attached hydrogens (tertiary/aromatic N) is 1. The van der Waals surface area contributed by atoms with Gasteiger partial charge in [-0.2, -0.15) is 0 Å². The van der Waals surface area contributed by atoms with Crippen LogP contribution in [0.3, 0.4) is 0 Å². The average Bonchev–Trinajstić information content (AvgIpc) is 3.15. The number of hydrogen-bond donors (Lipinski definition) is 2. The number of carbonyl (C=O) groups is 2. The fraction of sp³-hybridized carbons (Fsp3) is 0.400. The van der Waals surface area contributed by atoms with Crippen molar-refractivity contribution in [2.24, 2.45) is 11.7 Å². The molecule has 0 saturated carbocycles. The molecule has 1 fully saturated rings. The number of halogens is 1. The molecule has 1 saturated heterocycles. The van der Waals surface area contributed by atoms with Crippen LogP contribution in [0.25, 0.3) is 0 Å². The Morgan fingerprint density at radius 3 is 2.61 bits per heavy atom. The van der Waals surface area contributed by atoms with Crippen LogP contribution in [0.4, 0.5) is 5.00 Å². The lowest BCUT2D eigenvalue weighted by molar-refractivity contribution is 0.0578. The molecule has 1 aromatic heterocycles. The lowest BCUT2D eigenvalue weighted by atomic mass is 9.92. The fourth-order valence-corrected chi connectivity index (χ4v) is 4.19. The molecule has 2 atom stereocenters. The number of benzene rings is 1. The van der Waals surface area contributed by atoms with E-state index in [1.165, 1.54) is 11.3 Å². The van der Waals surface area contributed by atoms with Crippen LogP contribution in [-0.2, 0) is 0 Å². The van der Waals surface area contributed by atoms with Crippen LogP contribution in [0.2, 0.25) is 0 Å². The minimum atomic E-state index is -0.217. The summed E-state index contributed by atoms with van der Waals surface area (Å²) in [5.74, 6) is 1.06. The van der Waals surface area contributed by atoms with Crippen LogP contribution >= 0.6 is 23.7 Å². The third kappa shape index (κ3) is 5.04. The number of piperidine rings is 1. The molecule has 0 aliphatic carbocycles. The van der Waals surface area contributed by atoms with Gasteiger partial charge in [-0.15, -0.1) is 23.7 Å². The van der Waals surface area contributed by atoms with Crippen molar-refractivity contribution < 1.29 is 14.3 Å². The first kappa shape index (κ1) is 22.2. The van der Waals surface area contributed by atoms with E-state index >= 15 is 0 Å². The number of methoxy groups -OCH3 is 1. The molecule has 3 rings (SSSR count). The molecule has 2 aromatic rings. The highest BCUT2D eigenvalue weighted by molar-refractivity contribution is 7.18. The lowest BCUT2D eigenvalue weighted by Gasteiger charge is -2.37. The number of ether oxygens (including phenoxy) is 1. The zero-order chi connectivity index (χ0) is 19.4. The Morgan fingerprint density at radius 2 is 1.96 bits per heavy atom. The van der Waals surface area contributed by atoms with Crippen LogP contribution in [-0.4, -0.2) is 43.0 Å². The SMILES string of the molecule is COc1ccc(C(=O)Nc2ccc(C(=O)N3CCC(C)CC3CN)s2)cc1.Cl. The maximum Gasteiger partial charge on any atom is 0.264 e. The standard InChI is InChI=1S/C20H25N3O3S.ClH/c1-13-9-10-23(15(11-13)12-21)20(25)17-7-8-18(27-17)22-19(24)14-3-5-16(26-2)6-4-14;/h3-8,13,15H,9-12,21H2,1-2H3,(H,22,24);1H. The van der Waals surface area contributed by atoms with Crippen molar-refractivity contribution >= 4 is 40.6 Å². The van der Waals surface area contributed by atoms with Gasteiger partial charge in [0.1, 0.15) is 5.75 Å². The normalized spacial score (nSPS) is 18.9. The molecule has 1 aliphatic rings. The van der Waals surface area contributed by atoms with Crippen LogP contribution in [0.5, 0.6) is 5.75 Å². The quantitative estimate of drug-likeness (QED) is 0.769. The van der Waals surface area contributed by atoms with E-state index in [9.17, 15) is 9.59 Å². The summed E-state index contributed by atoms with van der Waals surface area (Å²) in [6.45, 7) is 3.40. The first-order valence-electron chi connectivity index (χ1n) is 9.08. The third-order valence-electron chi connectivity index (χ3n) is 4.92. The zero-order valence-electron chi connectivity index (χ0n) is 16.0. The molecule has 152 valence electrons. The highest BCUT2D eigenvalue weighted by Crippen LogP contribution is 2.28. The summed E-state index contributed by atoms with van der Waals surface area (Å²) >= 11 is 1.29. The van der Waals surface area contributed by atoms with Gasteiger partial charge in [0.15, 0.2) is 0 Å². The van der Waals surface area contributed by atoms with Gasteiger partial charge in [-0.25, -0.2) is 0 Å². The van der Waals surface area contributed by atoms with Crippen molar-refractivity contribution in [2.45, 2.75) is 25.8 Å². The number of nitrogens with two attached hydrogens (primary N) is 1. The Kier molecular flexibility index (Phi) is 7.86. The number of likely N-dealkylation sites (tertiary alicyclic amines) is 1. The molecule has 0 spiro atoms. The summed E-state index contributed by atoms with van der Waals surface area (Å²) in [5.41, 5.74) is 6.40. The number of anilines is 1. The molecule has 3 N–H and O–H groups in total. The molecule has 28 heavy (non-hydrogen) atoms. The summed E-state index contributed by atoms with van der Waals surface area (Å²) in [7, 11) is 1.58. The molecule has 0 bridgehead atoms. The van der Waals surface area contributed by atoms with Gasteiger partial charge >= 0.3 is 0 Å². The highest BCUT2D eigenvalue weighted by Gasteiger charge is 2.30. The van der Waals surface area contributed by atoms with Gasteiger partial charge in [0.05, 0.1) is 17.0 Å². The maximum absolute atomic E-state index is 12.9. The van der Waals surface area contributed by atoms with E-state index in [2.05, 4.69) is 12.2 Å². The highest BCUT2D eigenvalue weighted by atomic mass is 35.5. The molecule has 2 amide bonds. The number of hydrogen-bond acceptors (Lipinski definition) is 5. The fourth-order valence-electron chi connectivity index (χ4n) is 3.33. The van der Waals surface area contributed by atoms with Crippen molar-refractivity contribution in [1.82, 2.24) is 4.90 Å². The molecule has 6 nitrogen and oxygen atoms in total. The van der Waals surface area contributed by atoms with Crippen molar-refractivity contribution in [3.63, 3.8) is 0 Å². The van der Waals surface area contributed by atoms with Crippen LogP contribution in [0.1, 0.15) is 39.8 Å². The Labute approximate surface area is 175 Å². The van der Waals surface area contributed by atoms with E-state index in [0.717, 1.165) is 19.4 Å². The van der Waals surface area contributed by atoms with Gasteiger partial charge in [-0.3, -0.25) is 9.59 Å². The summed E-state index contributed by atoms with van der Waals surface area (Å²) in [6, 6.07) is 10.5. The lowest BCUT2D eigenvalue weighted by Crippen LogP contribution is -2.49. The number of carbonyl (C=O) groups excluding carboxylic acids is 2. The predicted molar refractivity (Wildman–Crippen MR) is 115 cm³/mol. The third-order valence-corrected chi connectivity index (χ3v) is 5.91. The van der Waals surface area contributed by atoms with Gasteiger partial charge in [-0.1, -0.05) is 6.92 Å². The van der Waals surface area contributed by atoms with E-state index in [4.69, 9.17) is 10.5 Å². The zero-order valence-corrected chi connectivity index (χ0v) is 17.6. The van der Waals surface area contributed by atoms with Crippen molar-refractivity contribution in [1.29, 1.82) is 0 Å². The molecular formula is C20H26ClN3O3S. The van der Waals surface area contributed by atoms with Crippen molar-refractivity contribution in [3.05, 3.63) is 46.8 Å². The Balaban J connectivity index is 0.00000280. The molecular weight excluding hydrogens is 398 g/mol. The molecule has 1 aromatic carbocycles. The second-order valence-electron chi connectivity index (χ2n) is 6.86. The average molecular weight is 424 g/mol. The monoisotopic (exact) mass is 423 g/mol. The van der Waals surface area contributed by atoms with E-state index in [1.54, 1.807) is 43.5 Å². The summed E-state index contributed by atoms with van der Waals surface area (Å²) in [4.78, 5) is 27.7. The number of thiophene rings is 1. The number of amides is 2. The minimum absolute atomic E-state index is 0. The summed E-state index contributed by atoms with van der Waals surface area (Å²) < 4.78 is 5.10. The van der Waals surface area contributed by atoms with E-state index in [1.807, 2.05) is 4.90 Å². The first-order chi connectivity index (χ1) is 13.0. The van der Waals surface area contributed by atoms with Gasteiger partial charge in [0, 0.05) is 24.7 Å². The van der Waals surface area contributed by atoms with Crippen LogP contribution in [0, 0.1) is 5.92 Å². The van der Waals surface area contributed by atoms with Gasteiger partial charge in [0.2, 0.25) is 0 Å². The molecule has 2 unspecified atom stereocenters. The molecule has 0 radical (unpaired) electrons. The van der Waals surface area contributed by atoms with Crippen molar-refractivity contribution in [3.8, 4) is 5.75 Å². The van der Waals surface area contributed by atoms with Gasteiger partial charge < -0.3 is 20.7 Å². The number of rotatable bonds is 5. The summed E-state index contributed by atoms with van der Waals surface area (Å²) in [5, 5.41) is 3.50. The Hall–Kier alpha value is -2.09. The van der Waals surface area contributed by atoms with Crippen molar-refractivity contribution in [2.75, 3.05) is 25.5 Å². The molecule has 8 heteroatoms. The molecule has 1 aliphatic heterocycles. The largest absolute Gasteiger partial charge is 0.497 e. The van der Waals surface area contributed by atoms with Gasteiger partial charge in [0.25, 0.3) is 11.8 Å². The van der Waals surface area contributed by atoms with E-state index in [-0.39, 0.29) is 30.3 Å². The molecule has 2 heterocycles. The second-order valence-corrected chi connectivity index (χ2v) is 7.95. The Bertz CT molecular complexity index is 809. The predicted octanol–water partition coefficient (Wildman–Crippen LogP) is 3.63. The van der Waals surface area contributed by atoms with E-state index in [0.29, 0.717) is 33.7 Å². The summed E-state index contributed by atoms with van der Waals surface area (Å²) in [6.07, 6.45) is 1.93. The Morgan fingerprint density at radius 1 is 1.25 bits per heavy atom. The smallest absolute Gasteiger partial charge is 0.264 e. The topological polar surface area (TPSA) is 84.7 Å². The van der Waals surface area contributed by atoms with Gasteiger partial charge in [-0.05, 0) is 55.2 Å². The second kappa shape index (κ2) is 9.91. The van der Waals surface area contributed by atoms with E-state index < -0.39 is 0 Å². The minimum Gasteiger partial charge on any atom is -0.497 e. The maximum atomic E-state index is 12.9. The van der Waals surface area contributed by atoms with Crippen LogP contribution < -0.4 is 15.8 Å². The number of nitrogens with one attached hydrogen (secondary N) is 1. The van der Waals surface area contributed by atoms with Crippen LogP contribution in [0.15, 0.2) is 36.4 Å².